The minimum atomic E-state index is -0.118. The second-order valence-corrected chi connectivity index (χ2v) is 6.53. The molecule has 1 heterocycles. The van der Waals surface area contributed by atoms with E-state index >= 15 is 0 Å². The van der Waals surface area contributed by atoms with Gasteiger partial charge in [0.25, 0.3) is 0 Å². The number of amides is 1. The molecule has 1 amide bonds. The standard InChI is InChI=1S/C21H24N2O2/c1-14(2)25-20-11-7-5-8-17(20)15(3)23-21(24)12-16-13-22-19-10-6-4-9-18(16)19/h4-11,13-15,22H,12H2,1-3H3,(H,23,24). The predicted octanol–water partition coefficient (Wildman–Crippen LogP) is 4.38. The van der Waals surface area contributed by atoms with Crippen LogP contribution in [-0.2, 0) is 11.2 Å². The second-order valence-electron chi connectivity index (χ2n) is 6.53. The summed E-state index contributed by atoms with van der Waals surface area (Å²) in [5.41, 5.74) is 3.05. The van der Waals surface area contributed by atoms with E-state index in [1.165, 1.54) is 0 Å². The first-order chi connectivity index (χ1) is 12.0. The van der Waals surface area contributed by atoms with Gasteiger partial charge in [0.1, 0.15) is 5.75 Å². The molecule has 0 radical (unpaired) electrons. The lowest BCUT2D eigenvalue weighted by Gasteiger charge is -2.19. The van der Waals surface area contributed by atoms with Crippen molar-refractivity contribution in [3.8, 4) is 5.75 Å². The van der Waals surface area contributed by atoms with Crippen LogP contribution < -0.4 is 10.1 Å². The fourth-order valence-electron chi connectivity index (χ4n) is 3.02. The van der Waals surface area contributed by atoms with Crippen LogP contribution in [0.25, 0.3) is 10.9 Å². The van der Waals surface area contributed by atoms with E-state index in [0.717, 1.165) is 27.8 Å². The van der Waals surface area contributed by atoms with Crippen LogP contribution in [0.15, 0.2) is 54.7 Å². The Morgan fingerprint density at radius 1 is 1.08 bits per heavy atom. The second kappa shape index (κ2) is 7.43. The third-order valence-corrected chi connectivity index (χ3v) is 4.15. The molecule has 0 saturated carbocycles. The van der Waals surface area contributed by atoms with Gasteiger partial charge >= 0.3 is 0 Å². The van der Waals surface area contributed by atoms with Gasteiger partial charge in [-0.2, -0.15) is 0 Å². The van der Waals surface area contributed by atoms with Gasteiger partial charge in [-0.05, 0) is 38.5 Å². The summed E-state index contributed by atoms with van der Waals surface area (Å²) in [5, 5.41) is 4.17. The lowest BCUT2D eigenvalue weighted by molar-refractivity contribution is -0.121. The highest BCUT2D eigenvalue weighted by Gasteiger charge is 2.16. The Hall–Kier alpha value is -2.75. The molecule has 0 saturated heterocycles. The number of hydrogen-bond acceptors (Lipinski definition) is 2. The molecule has 25 heavy (non-hydrogen) atoms. The van der Waals surface area contributed by atoms with Crippen molar-refractivity contribution in [2.45, 2.75) is 39.3 Å². The zero-order chi connectivity index (χ0) is 17.8. The third-order valence-electron chi connectivity index (χ3n) is 4.15. The minimum absolute atomic E-state index is 0.00315. The molecule has 0 fully saturated rings. The molecule has 0 bridgehead atoms. The number of nitrogens with one attached hydrogen (secondary N) is 2. The lowest BCUT2D eigenvalue weighted by Crippen LogP contribution is -2.28. The lowest BCUT2D eigenvalue weighted by atomic mass is 10.1. The van der Waals surface area contributed by atoms with Crippen molar-refractivity contribution >= 4 is 16.8 Å². The van der Waals surface area contributed by atoms with Crippen LogP contribution in [0.1, 0.15) is 37.9 Å². The van der Waals surface area contributed by atoms with Crippen molar-refractivity contribution in [3.05, 3.63) is 65.9 Å². The number of ether oxygens (including phenoxy) is 1. The van der Waals surface area contributed by atoms with Crippen LogP contribution in [0.5, 0.6) is 5.75 Å². The molecule has 2 aromatic carbocycles. The molecule has 1 atom stereocenters. The number of hydrogen-bond donors (Lipinski definition) is 2. The third kappa shape index (κ3) is 4.02. The number of carbonyl (C=O) groups is 1. The summed E-state index contributed by atoms with van der Waals surface area (Å²) in [5.74, 6) is 0.814. The quantitative estimate of drug-likeness (QED) is 0.702. The number of aromatic nitrogens is 1. The van der Waals surface area contributed by atoms with Gasteiger partial charge in [0.2, 0.25) is 5.91 Å². The fourth-order valence-corrected chi connectivity index (χ4v) is 3.02. The Morgan fingerprint density at radius 2 is 1.80 bits per heavy atom. The van der Waals surface area contributed by atoms with Gasteiger partial charge in [-0.25, -0.2) is 0 Å². The van der Waals surface area contributed by atoms with Gasteiger partial charge in [0, 0.05) is 22.7 Å². The summed E-state index contributed by atoms with van der Waals surface area (Å²) in [7, 11) is 0. The molecule has 3 rings (SSSR count). The maximum Gasteiger partial charge on any atom is 0.224 e. The molecule has 0 aliphatic heterocycles. The van der Waals surface area contributed by atoms with Crippen LogP contribution >= 0.6 is 0 Å². The highest BCUT2D eigenvalue weighted by Crippen LogP contribution is 2.26. The Balaban J connectivity index is 1.71. The normalized spacial score (nSPS) is 12.3. The SMILES string of the molecule is CC(C)Oc1ccccc1C(C)NC(=O)Cc1c[nH]c2ccccc12. The van der Waals surface area contributed by atoms with Crippen molar-refractivity contribution in [2.75, 3.05) is 0 Å². The Morgan fingerprint density at radius 3 is 2.60 bits per heavy atom. The molecule has 2 N–H and O–H groups in total. The number of rotatable bonds is 6. The first kappa shape index (κ1) is 17.1. The van der Waals surface area contributed by atoms with E-state index in [2.05, 4.69) is 10.3 Å². The van der Waals surface area contributed by atoms with E-state index in [4.69, 9.17) is 4.74 Å². The summed E-state index contributed by atoms with van der Waals surface area (Å²) in [6.07, 6.45) is 2.35. The topological polar surface area (TPSA) is 54.1 Å². The smallest absolute Gasteiger partial charge is 0.224 e. The van der Waals surface area contributed by atoms with Crippen LogP contribution in [0.4, 0.5) is 0 Å². The molecule has 1 unspecified atom stereocenters. The molecule has 4 nitrogen and oxygen atoms in total. The molecular weight excluding hydrogens is 312 g/mol. The van der Waals surface area contributed by atoms with Crippen LogP contribution in [0.3, 0.4) is 0 Å². The van der Waals surface area contributed by atoms with E-state index in [0.29, 0.717) is 6.42 Å². The molecule has 0 spiro atoms. The molecule has 3 aromatic rings. The van der Waals surface area contributed by atoms with Crippen molar-refractivity contribution < 1.29 is 9.53 Å². The summed E-state index contributed by atoms with van der Waals surface area (Å²) in [6.45, 7) is 5.98. The van der Waals surface area contributed by atoms with E-state index in [1.54, 1.807) is 0 Å². The highest BCUT2D eigenvalue weighted by atomic mass is 16.5. The van der Waals surface area contributed by atoms with Gasteiger partial charge in [0.05, 0.1) is 18.6 Å². The number of aromatic amines is 1. The van der Waals surface area contributed by atoms with E-state index in [1.807, 2.05) is 75.5 Å². The van der Waals surface area contributed by atoms with Gasteiger partial charge in [-0.1, -0.05) is 36.4 Å². The highest BCUT2D eigenvalue weighted by molar-refractivity contribution is 5.89. The largest absolute Gasteiger partial charge is 0.491 e. The van der Waals surface area contributed by atoms with E-state index in [-0.39, 0.29) is 18.1 Å². The van der Waals surface area contributed by atoms with Crippen molar-refractivity contribution in [1.82, 2.24) is 10.3 Å². The van der Waals surface area contributed by atoms with Crippen molar-refractivity contribution in [2.24, 2.45) is 0 Å². The number of fused-ring (bicyclic) bond motifs is 1. The Labute approximate surface area is 148 Å². The summed E-state index contributed by atoms with van der Waals surface area (Å²) in [4.78, 5) is 15.7. The summed E-state index contributed by atoms with van der Waals surface area (Å²) < 4.78 is 5.86. The Bertz CT molecular complexity index is 867. The fraction of sp³-hybridized carbons (Fsp3) is 0.286. The minimum Gasteiger partial charge on any atom is -0.491 e. The molecular formula is C21H24N2O2. The maximum atomic E-state index is 12.5. The monoisotopic (exact) mass is 336 g/mol. The van der Waals surface area contributed by atoms with Gasteiger partial charge in [-0.15, -0.1) is 0 Å². The molecule has 1 aromatic heterocycles. The molecule has 0 aliphatic rings. The summed E-state index contributed by atoms with van der Waals surface area (Å²) in [6, 6.07) is 15.7. The van der Waals surface area contributed by atoms with Gasteiger partial charge in [0.15, 0.2) is 0 Å². The van der Waals surface area contributed by atoms with Crippen molar-refractivity contribution in [1.29, 1.82) is 0 Å². The summed E-state index contributed by atoms with van der Waals surface area (Å²) >= 11 is 0. The predicted molar refractivity (Wildman–Crippen MR) is 101 cm³/mol. The molecule has 0 aliphatic carbocycles. The van der Waals surface area contributed by atoms with E-state index in [9.17, 15) is 4.79 Å². The maximum absolute atomic E-state index is 12.5. The van der Waals surface area contributed by atoms with Crippen LogP contribution in [0, 0.1) is 0 Å². The molecule has 4 heteroatoms. The first-order valence-electron chi connectivity index (χ1n) is 8.64. The van der Waals surface area contributed by atoms with Gasteiger partial charge < -0.3 is 15.0 Å². The van der Waals surface area contributed by atoms with Gasteiger partial charge in [-0.3, -0.25) is 4.79 Å². The number of benzene rings is 2. The zero-order valence-electron chi connectivity index (χ0n) is 14.9. The van der Waals surface area contributed by atoms with Crippen LogP contribution in [-0.4, -0.2) is 17.0 Å². The average molecular weight is 336 g/mol. The first-order valence-corrected chi connectivity index (χ1v) is 8.64. The Kier molecular flexibility index (Phi) is 5.08. The van der Waals surface area contributed by atoms with Crippen LogP contribution in [0.2, 0.25) is 0 Å². The number of carbonyl (C=O) groups excluding carboxylic acids is 1. The average Bonchev–Trinajstić information content (AvgIpc) is 2.98. The number of para-hydroxylation sites is 2. The molecule has 130 valence electrons. The zero-order valence-corrected chi connectivity index (χ0v) is 14.9. The van der Waals surface area contributed by atoms with Crippen molar-refractivity contribution in [3.63, 3.8) is 0 Å². The number of H-pyrrole nitrogens is 1. The van der Waals surface area contributed by atoms with E-state index < -0.39 is 0 Å².